The highest BCUT2D eigenvalue weighted by molar-refractivity contribution is 5.92. The van der Waals surface area contributed by atoms with Gasteiger partial charge in [-0.3, -0.25) is 14.5 Å². The number of piperazine rings is 1. The summed E-state index contributed by atoms with van der Waals surface area (Å²) in [4.78, 5) is 28.9. The van der Waals surface area contributed by atoms with Crippen molar-refractivity contribution >= 4 is 23.3 Å². The summed E-state index contributed by atoms with van der Waals surface area (Å²) in [5.74, 6) is -0.140. The molecule has 0 aromatic heterocycles. The van der Waals surface area contributed by atoms with E-state index in [-0.39, 0.29) is 18.5 Å². The molecule has 0 atom stereocenters. The van der Waals surface area contributed by atoms with Gasteiger partial charge in [-0.25, -0.2) is 0 Å². The number of rotatable bonds is 8. The SMILES string of the molecule is O=C(COC(=O)CC1CCCC1)Nc1ccc(N2CCN(Cc3ccccc3)CC2)cc1. The number of nitrogens with zero attached hydrogens (tertiary/aromatic N) is 2. The highest BCUT2D eigenvalue weighted by atomic mass is 16.5. The van der Waals surface area contributed by atoms with Crippen molar-refractivity contribution in [1.82, 2.24) is 4.90 Å². The lowest BCUT2D eigenvalue weighted by Crippen LogP contribution is -2.45. The lowest BCUT2D eigenvalue weighted by atomic mass is 10.1. The van der Waals surface area contributed by atoms with Gasteiger partial charge in [-0.1, -0.05) is 43.2 Å². The summed E-state index contributed by atoms with van der Waals surface area (Å²) >= 11 is 0. The Balaban J connectivity index is 1.18. The minimum atomic E-state index is -0.299. The predicted molar refractivity (Wildman–Crippen MR) is 127 cm³/mol. The molecule has 0 unspecified atom stereocenters. The Hall–Kier alpha value is -2.86. The number of ether oxygens (including phenoxy) is 1. The molecule has 2 aromatic rings. The van der Waals surface area contributed by atoms with Crippen LogP contribution >= 0.6 is 0 Å². The first-order valence-corrected chi connectivity index (χ1v) is 11.7. The topological polar surface area (TPSA) is 61.9 Å². The fraction of sp³-hybridized carbons (Fsp3) is 0.462. The van der Waals surface area contributed by atoms with Gasteiger partial charge in [-0.2, -0.15) is 0 Å². The maximum atomic E-state index is 12.1. The fourth-order valence-corrected chi connectivity index (χ4v) is 4.61. The summed E-state index contributed by atoms with van der Waals surface area (Å²) < 4.78 is 5.15. The molecule has 1 N–H and O–H groups in total. The van der Waals surface area contributed by atoms with E-state index in [9.17, 15) is 9.59 Å². The van der Waals surface area contributed by atoms with Crippen LogP contribution in [0.25, 0.3) is 0 Å². The van der Waals surface area contributed by atoms with Crippen molar-refractivity contribution < 1.29 is 14.3 Å². The highest BCUT2D eigenvalue weighted by Gasteiger charge is 2.20. The van der Waals surface area contributed by atoms with Crippen LogP contribution in [0.1, 0.15) is 37.7 Å². The van der Waals surface area contributed by atoms with Crippen molar-refractivity contribution in [2.24, 2.45) is 5.92 Å². The Morgan fingerprint density at radius 2 is 1.59 bits per heavy atom. The number of amides is 1. The Bertz CT molecular complexity index is 871. The Labute approximate surface area is 190 Å². The molecule has 170 valence electrons. The van der Waals surface area contributed by atoms with E-state index in [4.69, 9.17) is 4.74 Å². The minimum absolute atomic E-state index is 0.226. The van der Waals surface area contributed by atoms with E-state index in [1.54, 1.807) is 0 Å². The molecule has 1 saturated carbocycles. The van der Waals surface area contributed by atoms with Gasteiger partial charge in [0.1, 0.15) is 0 Å². The average molecular weight is 436 g/mol. The molecule has 0 spiro atoms. The van der Waals surface area contributed by atoms with Crippen molar-refractivity contribution in [3.05, 3.63) is 60.2 Å². The number of anilines is 2. The zero-order valence-corrected chi connectivity index (χ0v) is 18.7. The molecule has 2 aliphatic rings. The molecule has 4 rings (SSSR count). The molecule has 1 aliphatic heterocycles. The van der Waals surface area contributed by atoms with Crippen LogP contribution in [0.5, 0.6) is 0 Å². The van der Waals surface area contributed by atoms with Crippen LogP contribution in [0.2, 0.25) is 0 Å². The summed E-state index contributed by atoms with van der Waals surface area (Å²) in [6.07, 6.45) is 5.00. The zero-order valence-electron chi connectivity index (χ0n) is 18.7. The van der Waals surface area contributed by atoms with Crippen LogP contribution < -0.4 is 10.2 Å². The molecule has 1 heterocycles. The number of esters is 1. The summed E-state index contributed by atoms with van der Waals surface area (Å²) in [6.45, 7) is 4.78. The summed E-state index contributed by atoms with van der Waals surface area (Å²) in [7, 11) is 0. The molecule has 6 nitrogen and oxygen atoms in total. The fourth-order valence-electron chi connectivity index (χ4n) is 4.61. The molecule has 2 aromatic carbocycles. The van der Waals surface area contributed by atoms with Gasteiger partial charge < -0.3 is 15.0 Å². The number of carbonyl (C=O) groups excluding carboxylic acids is 2. The van der Waals surface area contributed by atoms with Crippen LogP contribution in [0, 0.1) is 5.92 Å². The molecule has 1 aliphatic carbocycles. The number of nitrogens with one attached hydrogen (secondary N) is 1. The van der Waals surface area contributed by atoms with Crippen LogP contribution in [0.3, 0.4) is 0 Å². The second kappa shape index (κ2) is 11.1. The maximum absolute atomic E-state index is 12.1. The van der Waals surface area contributed by atoms with Crippen molar-refractivity contribution in [2.45, 2.75) is 38.6 Å². The molecular formula is C26H33N3O3. The first-order valence-electron chi connectivity index (χ1n) is 11.7. The third kappa shape index (κ3) is 6.57. The monoisotopic (exact) mass is 435 g/mol. The van der Waals surface area contributed by atoms with Crippen molar-refractivity contribution in [1.29, 1.82) is 0 Å². The van der Waals surface area contributed by atoms with Gasteiger partial charge in [0.05, 0.1) is 0 Å². The quantitative estimate of drug-likeness (QED) is 0.634. The second-order valence-electron chi connectivity index (χ2n) is 8.86. The van der Waals surface area contributed by atoms with Gasteiger partial charge in [0, 0.05) is 50.5 Å². The zero-order chi connectivity index (χ0) is 22.2. The largest absolute Gasteiger partial charge is 0.456 e. The van der Waals surface area contributed by atoms with Gasteiger partial charge in [0.2, 0.25) is 0 Å². The van der Waals surface area contributed by atoms with E-state index < -0.39 is 0 Å². The highest BCUT2D eigenvalue weighted by Crippen LogP contribution is 2.27. The van der Waals surface area contributed by atoms with Gasteiger partial charge in [0.15, 0.2) is 6.61 Å². The van der Waals surface area contributed by atoms with E-state index in [2.05, 4.69) is 45.4 Å². The molecule has 2 fully saturated rings. The first-order chi connectivity index (χ1) is 15.7. The lowest BCUT2D eigenvalue weighted by Gasteiger charge is -2.36. The van der Waals surface area contributed by atoms with Gasteiger partial charge >= 0.3 is 5.97 Å². The summed E-state index contributed by atoms with van der Waals surface area (Å²) in [6, 6.07) is 18.5. The van der Waals surface area contributed by atoms with Gasteiger partial charge in [0.25, 0.3) is 5.91 Å². The van der Waals surface area contributed by atoms with E-state index in [0.29, 0.717) is 18.0 Å². The van der Waals surface area contributed by atoms with Gasteiger partial charge in [-0.05, 0) is 48.6 Å². The smallest absolute Gasteiger partial charge is 0.306 e. The number of benzene rings is 2. The van der Waals surface area contributed by atoms with E-state index in [1.807, 2.05) is 24.3 Å². The second-order valence-corrected chi connectivity index (χ2v) is 8.86. The summed E-state index contributed by atoms with van der Waals surface area (Å²) in [5, 5.41) is 2.81. The predicted octanol–water partition coefficient (Wildman–Crippen LogP) is 4.07. The number of carbonyl (C=O) groups is 2. The Kier molecular flexibility index (Phi) is 7.77. The van der Waals surface area contributed by atoms with Crippen LogP contribution in [0.15, 0.2) is 54.6 Å². The lowest BCUT2D eigenvalue weighted by molar-refractivity contribution is -0.148. The van der Waals surface area contributed by atoms with Gasteiger partial charge in [-0.15, -0.1) is 0 Å². The number of hydrogen-bond acceptors (Lipinski definition) is 5. The average Bonchev–Trinajstić information content (AvgIpc) is 3.33. The van der Waals surface area contributed by atoms with E-state index in [0.717, 1.165) is 51.3 Å². The Morgan fingerprint density at radius 1 is 0.906 bits per heavy atom. The molecule has 32 heavy (non-hydrogen) atoms. The van der Waals surface area contributed by atoms with E-state index in [1.165, 1.54) is 18.4 Å². The minimum Gasteiger partial charge on any atom is -0.456 e. The van der Waals surface area contributed by atoms with Crippen molar-refractivity contribution in [2.75, 3.05) is 43.0 Å². The van der Waals surface area contributed by atoms with Crippen molar-refractivity contribution in [3.8, 4) is 0 Å². The normalized spacial score (nSPS) is 17.3. The Morgan fingerprint density at radius 3 is 2.28 bits per heavy atom. The first kappa shape index (κ1) is 22.3. The molecule has 6 heteroatoms. The molecule has 0 bridgehead atoms. The molecule has 0 radical (unpaired) electrons. The molecule has 1 saturated heterocycles. The molecular weight excluding hydrogens is 402 g/mol. The third-order valence-corrected chi connectivity index (χ3v) is 6.43. The maximum Gasteiger partial charge on any atom is 0.306 e. The van der Waals surface area contributed by atoms with Crippen LogP contribution in [0.4, 0.5) is 11.4 Å². The van der Waals surface area contributed by atoms with Crippen molar-refractivity contribution in [3.63, 3.8) is 0 Å². The van der Waals surface area contributed by atoms with Crippen LogP contribution in [-0.2, 0) is 20.9 Å². The van der Waals surface area contributed by atoms with E-state index >= 15 is 0 Å². The number of hydrogen-bond donors (Lipinski definition) is 1. The molecule has 1 amide bonds. The standard InChI is InChI=1S/C26H33N3O3/c30-25(20-32-26(31)18-21-6-4-5-7-21)27-23-10-12-24(13-11-23)29-16-14-28(15-17-29)19-22-8-2-1-3-9-22/h1-3,8-13,21H,4-7,14-20H2,(H,27,30). The summed E-state index contributed by atoms with van der Waals surface area (Å²) in [5.41, 5.74) is 3.23. The third-order valence-electron chi connectivity index (χ3n) is 6.43. The van der Waals surface area contributed by atoms with Crippen LogP contribution in [-0.4, -0.2) is 49.6 Å².